The van der Waals surface area contributed by atoms with Crippen molar-refractivity contribution in [1.29, 1.82) is 0 Å². The van der Waals surface area contributed by atoms with Gasteiger partial charge in [0.2, 0.25) is 5.91 Å². The highest BCUT2D eigenvalue weighted by Crippen LogP contribution is 2.20. The lowest BCUT2D eigenvalue weighted by molar-refractivity contribution is -0.142. The van der Waals surface area contributed by atoms with E-state index in [1.54, 1.807) is 16.9 Å². The van der Waals surface area contributed by atoms with Gasteiger partial charge < -0.3 is 19.4 Å². The van der Waals surface area contributed by atoms with Crippen LogP contribution in [0.15, 0.2) is 39.3 Å². The third-order valence-corrected chi connectivity index (χ3v) is 6.22. The molecule has 12 heteroatoms. The number of nitrogens with zero attached hydrogens (tertiary/aromatic N) is 4. The first-order chi connectivity index (χ1) is 14.9. The molecule has 3 aromatic rings. The number of thioether (sulfide) groups is 1. The zero-order valence-corrected chi connectivity index (χ0v) is 20.1. The highest BCUT2D eigenvalue weighted by molar-refractivity contribution is 9.10. The van der Waals surface area contributed by atoms with Crippen molar-refractivity contribution in [1.82, 2.24) is 19.7 Å². The Morgan fingerprint density at radius 2 is 2.03 bits per heavy atom. The Labute approximate surface area is 195 Å². The minimum absolute atomic E-state index is 0.0823. The molecule has 0 aliphatic carbocycles. The summed E-state index contributed by atoms with van der Waals surface area (Å²) in [6.45, 7) is 2.34. The van der Waals surface area contributed by atoms with Crippen molar-refractivity contribution < 1.29 is 19.1 Å². The Bertz CT molecular complexity index is 1040. The summed E-state index contributed by atoms with van der Waals surface area (Å²) in [6.07, 6.45) is 0.0823. The van der Waals surface area contributed by atoms with Crippen molar-refractivity contribution in [3.8, 4) is 5.75 Å². The molecule has 3 rings (SSSR count). The molecule has 0 bridgehead atoms. The SMILES string of the molecule is CCOC(=O)Cc1csc(NC(=O)CSc2nnc(COc3ccc(Br)cc3)n2C)n1. The topological polar surface area (TPSA) is 108 Å². The Morgan fingerprint density at radius 3 is 2.77 bits per heavy atom. The van der Waals surface area contributed by atoms with Gasteiger partial charge in [-0.25, -0.2) is 4.98 Å². The Hall–Kier alpha value is -2.44. The van der Waals surface area contributed by atoms with E-state index in [1.807, 2.05) is 31.3 Å². The van der Waals surface area contributed by atoms with Gasteiger partial charge in [-0.1, -0.05) is 27.7 Å². The van der Waals surface area contributed by atoms with Crippen LogP contribution < -0.4 is 10.1 Å². The van der Waals surface area contributed by atoms with Gasteiger partial charge in [-0.2, -0.15) is 0 Å². The maximum absolute atomic E-state index is 12.2. The van der Waals surface area contributed by atoms with E-state index in [1.165, 1.54) is 23.1 Å². The lowest BCUT2D eigenvalue weighted by atomic mass is 10.3. The van der Waals surface area contributed by atoms with Crippen molar-refractivity contribution in [2.75, 3.05) is 17.7 Å². The molecule has 0 saturated carbocycles. The lowest BCUT2D eigenvalue weighted by Crippen LogP contribution is -2.15. The predicted octanol–water partition coefficient (Wildman–Crippen LogP) is 3.45. The number of amides is 1. The second kappa shape index (κ2) is 11.3. The average Bonchev–Trinajstić information content (AvgIpc) is 3.32. The zero-order valence-electron chi connectivity index (χ0n) is 16.8. The van der Waals surface area contributed by atoms with Crippen LogP contribution in [0.5, 0.6) is 5.75 Å². The molecule has 0 atom stereocenters. The third-order valence-electron chi connectivity index (χ3n) is 3.87. The maximum Gasteiger partial charge on any atom is 0.311 e. The molecule has 0 unspecified atom stereocenters. The number of anilines is 1. The number of hydrogen-bond donors (Lipinski definition) is 1. The van der Waals surface area contributed by atoms with E-state index >= 15 is 0 Å². The molecule has 2 aromatic heterocycles. The lowest BCUT2D eigenvalue weighted by Gasteiger charge is -2.06. The van der Waals surface area contributed by atoms with Crippen LogP contribution in [0.4, 0.5) is 5.13 Å². The third kappa shape index (κ3) is 7.04. The number of thiazole rings is 1. The molecule has 9 nitrogen and oxygen atoms in total. The average molecular weight is 526 g/mol. The Morgan fingerprint density at radius 1 is 1.26 bits per heavy atom. The zero-order chi connectivity index (χ0) is 22.2. The Kier molecular flexibility index (Phi) is 8.43. The molecule has 1 N–H and O–H groups in total. The van der Waals surface area contributed by atoms with Crippen LogP contribution in [0.3, 0.4) is 0 Å². The van der Waals surface area contributed by atoms with Crippen molar-refractivity contribution in [2.24, 2.45) is 7.05 Å². The number of aromatic nitrogens is 4. The van der Waals surface area contributed by atoms with Crippen LogP contribution in [-0.4, -0.2) is 44.0 Å². The smallest absolute Gasteiger partial charge is 0.311 e. The summed E-state index contributed by atoms with van der Waals surface area (Å²) in [7, 11) is 1.82. The minimum Gasteiger partial charge on any atom is -0.486 e. The first-order valence-corrected chi connectivity index (χ1v) is 11.9. The van der Waals surface area contributed by atoms with Crippen LogP contribution in [0.2, 0.25) is 0 Å². The quantitative estimate of drug-likeness (QED) is 0.316. The largest absolute Gasteiger partial charge is 0.486 e. The Balaban J connectivity index is 1.46. The molecular formula is C19H20BrN5O4S2. The second-order valence-electron chi connectivity index (χ2n) is 6.16. The molecule has 2 heterocycles. The first kappa shape index (κ1) is 23.2. The van der Waals surface area contributed by atoms with E-state index in [9.17, 15) is 9.59 Å². The van der Waals surface area contributed by atoms with Gasteiger partial charge in [0.05, 0.1) is 24.5 Å². The van der Waals surface area contributed by atoms with Crippen molar-refractivity contribution in [3.63, 3.8) is 0 Å². The summed E-state index contributed by atoms with van der Waals surface area (Å²) >= 11 is 5.90. The minimum atomic E-state index is -0.344. The summed E-state index contributed by atoms with van der Waals surface area (Å²) in [5, 5.41) is 13.7. The summed E-state index contributed by atoms with van der Waals surface area (Å²) < 4.78 is 13.4. The van der Waals surface area contributed by atoms with Gasteiger partial charge in [0, 0.05) is 16.9 Å². The molecule has 0 saturated heterocycles. The molecule has 164 valence electrons. The fourth-order valence-electron chi connectivity index (χ4n) is 2.37. The highest BCUT2D eigenvalue weighted by atomic mass is 79.9. The van der Waals surface area contributed by atoms with Gasteiger partial charge in [-0.3, -0.25) is 9.59 Å². The van der Waals surface area contributed by atoms with Crippen molar-refractivity contribution >= 4 is 56.0 Å². The molecule has 1 aromatic carbocycles. The number of rotatable bonds is 10. The number of carbonyl (C=O) groups is 2. The molecular weight excluding hydrogens is 506 g/mol. The fraction of sp³-hybridized carbons (Fsp3) is 0.316. The monoisotopic (exact) mass is 525 g/mol. The highest BCUT2D eigenvalue weighted by Gasteiger charge is 2.14. The van der Waals surface area contributed by atoms with E-state index in [0.29, 0.717) is 28.4 Å². The van der Waals surface area contributed by atoms with E-state index in [2.05, 4.69) is 36.4 Å². The number of esters is 1. The molecule has 0 aliphatic heterocycles. The number of benzene rings is 1. The molecule has 0 radical (unpaired) electrons. The summed E-state index contributed by atoms with van der Waals surface area (Å²) in [6, 6.07) is 7.51. The standard InChI is InChI=1S/C19H20BrN5O4S2/c1-3-28-17(27)8-13-10-30-18(21-13)22-16(26)11-31-19-24-23-15(25(19)2)9-29-14-6-4-12(20)5-7-14/h4-7,10H,3,8-9,11H2,1-2H3,(H,21,22,26). The second-order valence-corrected chi connectivity index (χ2v) is 8.88. The number of hydrogen-bond acceptors (Lipinski definition) is 9. The van der Waals surface area contributed by atoms with Gasteiger partial charge in [0.25, 0.3) is 0 Å². The van der Waals surface area contributed by atoms with Crippen LogP contribution >= 0.6 is 39.0 Å². The first-order valence-electron chi connectivity index (χ1n) is 9.24. The van der Waals surface area contributed by atoms with Gasteiger partial charge in [0.1, 0.15) is 12.4 Å². The molecule has 1 amide bonds. The molecule has 0 spiro atoms. The molecule has 31 heavy (non-hydrogen) atoms. The number of ether oxygens (including phenoxy) is 2. The van der Waals surface area contributed by atoms with Gasteiger partial charge in [0.15, 0.2) is 16.1 Å². The normalized spacial score (nSPS) is 10.7. The van der Waals surface area contributed by atoms with E-state index < -0.39 is 0 Å². The molecule has 0 aliphatic rings. The van der Waals surface area contributed by atoms with Crippen molar-refractivity contribution in [2.45, 2.75) is 25.1 Å². The van der Waals surface area contributed by atoms with E-state index in [4.69, 9.17) is 9.47 Å². The van der Waals surface area contributed by atoms with Gasteiger partial charge in [-0.15, -0.1) is 21.5 Å². The van der Waals surface area contributed by atoms with Gasteiger partial charge >= 0.3 is 5.97 Å². The summed E-state index contributed by atoms with van der Waals surface area (Å²) in [5.74, 6) is 0.952. The van der Waals surface area contributed by atoms with Gasteiger partial charge in [-0.05, 0) is 31.2 Å². The maximum atomic E-state index is 12.2. The van der Waals surface area contributed by atoms with Crippen LogP contribution in [-0.2, 0) is 34.4 Å². The fourth-order valence-corrected chi connectivity index (χ4v) is 4.09. The van der Waals surface area contributed by atoms with Crippen molar-refractivity contribution in [3.05, 3.63) is 45.6 Å². The number of carbonyl (C=O) groups excluding carboxylic acids is 2. The van der Waals surface area contributed by atoms with Crippen LogP contribution in [0.1, 0.15) is 18.4 Å². The number of nitrogens with one attached hydrogen (secondary N) is 1. The van der Waals surface area contributed by atoms with Crippen LogP contribution in [0.25, 0.3) is 0 Å². The summed E-state index contributed by atoms with van der Waals surface area (Å²) in [5.41, 5.74) is 0.565. The van der Waals surface area contributed by atoms with Crippen LogP contribution in [0, 0.1) is 0 Å². The van der Waals surface area contributed by atoms with E-state index in [0.717, 1.165) is 10.2 Å². The predicted molar refractivity (Wildman–Crippen MR) is 121 cm³/mol. The van der Waals surface area contributed by atoms with E-state index in [-0.39, 0.29) is 30.7 Å². The summed E-state index contributed by atoms with van der Waals surface area (Å²) in [4.78, 5) is 28.0. The number of halogens is 1. The molecule has 0 fully saturated rings.